The molecule has 12 heteroatoms. The molecule has 28 heavy (non-hydrogen) atoms. The lowest BCUT2D eigenvalue weighted by molar-refractivity contribution is -0.116. The molecule has 1 amide bonds. The zero-order chi connectivity index (χ0) is 19.8. The molecule has 0 fully saturated rings. The highest BCUT2D eigenvalue weighted by atomic mass is 32.1. The molecule has 1 N–H and O–H groups in total. The molecule has 0 aliphatic rings. The summed E-state index contributed by atoms with van der Waals surface area (Å²) >= 11 is 1.26. The van der Waals surface area contributed by atoms with E-state index in [4.69, 9.17) is 0 Å². The number of rotatable bonds is 4. The van der Waals surface area contributed by atoms with Crippen LogP contribution in [-0.2, 0) is 11.3 Å². The van der Waals surface area contributed by atoms with Crippen LogP contribution in [0.1, 0.15) is 5.69 Å². The Morgan fingerprint density at radius 2 is 2.14 bits per heavy atom. The van der Waals surface area contributed by atoms with Crippen molar-refractivity contribution in [2.24, 2.45) is 0 Å². The first-order valence-corrected chi connectivity index (χ1v) is 8.78. The summed E-state index contributed by atoms with van der Waals surface area (Å²) in [5.41, 5.74) is -0.119. The molecule has 0 bridgehead atoms. The molecule has 1 aromatic carbocycles. The van der Waals surface area contributed by atoms with Crippen molar-refractivity contribution in [1.29, 1.82) is 0 Å². The summed E-state index contributed by atoms with van der Waals surface area (Å²) in [7, 11) is 0. The van der Waals surface area contributed by atoms with Crippen LogP contribution in [0.15, 0.2) is 34.7 Å². The number of anilines is 1. The summed E-state index contributed by atoms with van der Waals surface area (Å²) in [5, 5.41) is 12.2. The molecule has 9 nitrogen and oxygen atoms in total. The Kier molecular flexibility index (Phi) is 4.39. The first-order chi connectivity index (χ1) is 13.4. The molecular weight excluding hydrogens is 392 g/mol. The second kappa shape index (κ2) is 6.88. The number of hydrogen-bond acceptors (Lipinski definition) is 7. The molecule has 3 aromatic heterocycles. The van der Waals surface area contributed by atoms with Gasteiger partial charge in [-0.2, -0.15) is 4.68 Å². The maximum atomic E-state index is 14.0. The number of aryl methyl sites for hydroxylation is 1. The van der Waals surface area contributed by atoms with E-state index >= 15 is 0 Å². The number of aromatic nitrogens is 6. The van der Waals surface area contributed by atoms with Gasteiger partial charge in [0, 0.05) is 11.4 Å². The number of halogens is 2. The number of thiazole rings is 1. The van der Waals surface area contributed by atoms with Gasteiger partial charge >= 0.3 is 0 Å². The van der Waals surface area contributed by atoms with E-state index in [1.165, 1.54) is 11.3 Å². The molecule has 0 saturated carbocycles. The number of carbonyl (C=O) groups is 1. The minimum absolute atomic E-state index is 0.0114. The fourth-order valence-corrected chi connectivity index (χ4v) is 3.20. The quantitative estimate of drug-likeness (QED) is 0.555. The zero-order valence-electron chi connectivity index (χ0n) is 14.3. The number of carbonyl (C=O) groups excluding carboxylic acids is 1. The number of amides is 1. The van der Waals surface area contributed by atoms with E-state index in [2.05, 4.69) is 25.6 Å². The third-order valence-electron chi connectivity index (χ3n) is 3.75. The summed E-state index contributed by atoms with van der Waals surface area (Å²) in [6.07, 6.45) is 1.14. The monoisotopic (exact) mass is 403 g/mol. The molecule has 0 radical (unpaired) electrons. The molecule has 4 aromatic rings. The Labute approximate surface area is 159 Å². The van der Waals surface area contributed by atoms with Gasteiger partial charge in [-0.1, -0.05) is 5.21 Å². The summed E-state index contributed by atoms with van der Waals surface area (Å²) < 4.78 is 29.2. The van der Waals surface area contributed by atoms with Crippen LogP contribution in [0.4, 0.5) is 13.9 Å². The molecule has 0 aliphatic carbocycles. The van der Waals surface area contributed by atoms with Gasteiger partial charge in [0.15, 0.2) is 22.1 Å². The van der Waals surface area contributed by atoms with E-state index in [1.54, 1.807) is 12.3 Å². The maximum absolute atomic E-state index is 14.0. The molecule has 0 spiro atoms. The lowest BCUT2D eigenvalue weighted by Crippen LogP contribution is -2.28. The summed E-state index contributed by atoms with van der Waals surface area (Å²) in [6, 6.07) is 2.90. The fraction of sp³-hybridized carbons (Fsp3) is 0.125. The van der Waals surface area contributed by atoms with Crippen LogP contribution in [0, 0.1) is 18.6 Å². The van der Waals surface area contributed by atoms with E-state index in [9.17, 15) is 18.4 Å². The van der Waals surface area contributed by atoms with Gasteiger partial charge in [-0.15, -0.1) is 16.4 Å². The number of hydrogen-bond donors (Lipinski definition) is 1. The van der Waals surface area contributed by atoms with Gasteiger partial charge in [0.05, 0.1) is 5.69 Å². The largest absolute Gasteiger partial charge is 0.300 e. The van der Waals surface area contributed by atoms with E-state index in [0.29, 0.717) is 11.2 Å². The highest BCUT2D eigenvalue weighted by Gasteiger charge is 2.17. The van der Waals surface area contributed by atoms with Crippen LogP contribution in [0.2, 0.25) is 0 Å². The third-order valence-corrected chi connectivity index (χ3v) is 4.62. The highest BCUT2D eigenvalue weighted by Crippen LogP contribution is 2.17. The van der Waals surface area contributed by atoms with Crippen molar-refractivity contribution in [2.45, 2.75) is 13.5 Å². The third kappa shape index (κ3) is 3.24. The van der Waals surface area contributed by atoms with E-state index in [-0.39, 0.29) is 23.4 Å². The van der Waals surface area contributed by atoms with Gasteiger partial charge in [0.2, 0.25) is 5.91 Å². The van der Waals surface area contributed by atoms with Crippen molar-refractivity contribution in [1.82, 2.24) is 29.5 Å². The van der Waals surface area contributed by atoms with Gasteiger partial charge in [-0.3, -0.25) is 14.2 Å². The Balaban J connectivity index is 1.65. The molecule has 0 atom stereocenters. The van der Waals surface area contributed by atoms with E-state index in [1.807, 2.05) is 0 Å². The lowest BCUT2D eigenvalue weighted by Gasteiger charge is -2.06. The Morgan fingerprint density at radius 1 is 1.32 bits per heavy atom. The average molecular weight is 403 g/mol. The lowest BCUT2D eigenvalue weighted by atomic mass is 10.3. The Bertz CT molecular complexity index is 1260. The molecule has 3 heterocycles. The second-order valence-corrected chi connectivity index (χ2v) is 6.65. The number of nitrogens with zero attached hydrogens (tertiary/aromatic N) is 6. The van der Waals surface area contributed by atoms with E-state index < -0.39 is 23.1 Å². The Hall–Kier alpha value is -3.54. The van der Waals surface area contributed by atoms with Crippen molar-refractivity contribution in [3.63, 3.8) is 0 Å². The molecule has 0 aliphatic heterocycles. The predicted octanol–water partition coefficient (Wildman–Crippen LogP) is 1.66. The normalized spacial score (nSPS) is 11.1. The van der Waals surface area contributed by atoms with Crippen LogP contribution in [0.5, 0.6) is 0 Å². The number of benzene rings is 1. The minimum atomic E-state index is -0.879. The number of nitrogens with one attached hydrogen (secondary N) is 1. The van der Waals surface area contributed by atoms with Crippen LogP contribution in [-0.4, -0.2) is 35.4 Å². The molecule has 142 valence electrons. The second-order valence-electron chi connectivity index (χ2n) is 5.79. The smallest absolute Gasteiger partial charge is 0.284 e. The SMILES string of the molecule is Cc1csc(NC(=O)Cn2cnc3c(nnn3-c3ccc(F)cc3F)c2=O)n1. The van der Waals surface area contributed by atoms with Crippen LogP contribution in [0.3, 0.4) is 0 Å². The standard InChI is InChI=1S/C16H11F2N7O2S/c1-8-6-28-16(20-8)21-12(26)5-24-7-19-14-13(15(24)27)22-23-25(14)11-3-2-9(17)4-10(11)18/h2-4,6-7H,5H2,1H3,(H,20,21,26). The number of fused-ring (bicyclic) bond motifs is 1. The molecule has 4 rings (SSSR count). The van der Waals surface area contributed by atoms with E-state index in [0.717, 1.165) is 33.4 Å². The fourth-order valence-electron chi connectivity index (χ4n) is 2.50. The zero-order valence-corrected chi connectivity index (χ0v) is 15.1. The maximum Gasteiger partial charge on any atom is 0.284 e. The van der Waals surface area contributed by atoms with Gasteiger partial charge in [-0.05, 0) is 19.1 Å². The van der Waals surface area contributed by atoms with Crippen LogP contribution < -0.4 is 10.9 Å². The summed E-state index contributed by atoms with van der Waals surface area (Å²) in [6.45, 7) is 1.49. The highest BCUT2D eigenvalue weighted by molar-refractivity contribution is 7.13. The van der Waals surface area contributed by atoms with Crippen molar-refractivity contribution in [3.8, 4) is 5.69 Å². The average Bonchev–Trinajstić information content (AvgIpc) is 3.24. The molecular formula is C16H11F2N7O2S. The van der Waals surface area contributed by atoms with Gasteiger partial charge in [0.1, 0.15) is 24.4 Å². The molecule has 0 unspecified atom stereocenters. The topological polar surface area (TPSA) is 108 Å². The van der Waals surface area contributed by atoms with Gasteiger partial charge in [0.25, 0.3) is 5.56 Å². The van der Waals surface area contributed by atoms with Gasteiger partial charge in [-0.25, -0.2) is 18.7 Å². The summed E-state index contributed by atoms with van der Waals surface area (Å²) in [4.78, 5) is 32.9. The first kappa shape index (κ1) is 17.9. The van der Waals surface area contributed by atoms with Gasteiger partial charge < -0.3 is 5.32 Å². The Morgan fingerprint density at radius 3 is 2.86 bits per heavy atom. The van der Waals surface area contributed by atoms with Crippen molar-refractivity contribution >= 4 is 33.5 Å². The van der Waals surface area contributed by atoms with Crippen molar-refractivity contribution in [2.75, 3.05) is 5.32 Å². The van der Waals surface area contributed by atoms with Crippen LogP contribution in [0.25, 0.3) is 16.9 Å². The first-order valence-electron chi connectivity index (χ1n) is 7.90. The van der Waals surface area contributed by atoms with Crippen LogP contribution >= 0.6 is 11.3 Å². The van der Waals surface area contributed by atoms with Crippen molar-refractivity contribution < 1.29 is 13.6 Å². The minimum Gasteiger partial charge on any atom is -0.300 e. The summed E-state index contributed by atoms with van der Waals surface area (Å²) in [5.74, 6) is -2.09. The molecule has 0 saturated heterocycles. The predicted molar refractivity (Wildman–Crippen MR) is 96.3 cm³/mol. The van der Waals surface area contributed by atoms with Crippen molar-refractivity contribution in [3.05, 3.63) is 57.6 Å².